The van der Waals surface area contributed by atoms with Crippen molar-refractivity contribution >= 4 is 34.2 Å². The third kappa shape index (κ3) is 2.44. The summed E-state index contributed by atoms with van der Waals surface area (Å²) in [4.78, 5) is 12.3. The first-order valence-electron chi connectivity index (χ1n) is 6.41. The number of anilines is 1. The van der Waals surface area contributed by atoms with E-state index in [0.29, 0.717) is 10.9 Å². The summed E-state index contributed by atoms with van der Waals surface area (Å²) in [5, 5.41) is 3.11. The highest BCUT2D eigenvalue weighted by atomic mass is 35.5. The molecule has 1 aromatic heterocycles. The van der Waals surface area contributed by atoms with E-state index in [2.05, 4.69) is 5.32 Å². The van der Waals surface area contributed by atoms with Crippen molar-refractivity contribution in [2.45, 2.75) is 6.92 Å². The van der Waals surface area contributed by atoms with Gasteiger partial charge in [-0.25, -0.2) is 8.78 Å². The molecule has 0 saturated carbocycles. The average Bonchev–Trinajstić information content (AvgIpc) is 2.81. The summed E-state index contributed by atoms with van der Waals surface area (Å²) in [7, 11) is 0. The van der Waals surface area contributed by atoms with E-state index in [4.69, 9.17) is 16.0 Å². The van der Waals surface area contributed by atoms with Crippen LogP contribution in [0.4, 0.5) is 14.5 Å². The highest BCUT2D eigenvalue weighted by Crippen LogP contribution is 2.29. The second-order valence-corrected chi connectivity index (χ2v) is 5.16. The summed E-state index contributed by atoms with van der Waals surface area (Å²) in [5.74, 6) is -1.65. The summed E-state index contributed by atoms with van der Waals surface area (Å²) in [5.41, 5.74) is 0.786. The van der Waals surface area contributed by atoms with Crippen molar-refractivity contribution in [1.29, 1.82) is 0 Å². The molecule has 6 heteroatoms. The Morgan fingerprint density at radius 2 is 2.00 bits per heavy atom. The molecule has 3 rings (SSSR count). The standard InChI is InChI=1S/C16H10ClF2NO2/c1-8-10-3-2-4-12(19)15(10)22-14(8)16(21)20-13-6-5-9(18)7-11(13)17/h2-7H,1H3,(H,20,21). The number of nitrogens with one attached hydrogen (secondary N) is 1. The zero-order valence-corrected chi connectivity index (χ0v) is 12.2. The Morgan fingerprint density at radius 1 is 1.23 bits per heavy atom. The minimum Gasteiger partial charge on any atom is -0.448 e. The Balaban J connectivity index is 1.99. The van der Waals surface area contributed by atoms with E-state index in [9.17, 15) is 13.6 Å². The summed E-state index contributed by atoms with van der Waals surface area (Å²) < 4.78 is 32.0. The number of aryl methyl sites for hydroxylation is 1. The van der Waals surface area contributed by atoms with Gasteiger partial charge in [-0.05, 0) is 31.2 Å². The zero-order chi connectivity index (χ0) is 15.9. The molecule has 0 aliphatic carbocycles. The van der Waals surface area contributed by atoms with Crippen LogP contribution in [0, 0.1) is 18.6 Å². The van der Waals surface area contributed by atoms with E-state index < -0.39 is 17.5 Å². The number of hydrogen-bond acceptors (Lipinski definition) is 2. The van der Waals surface area contributed by atoms with E-state index in [1.54, 1.807) is 19.1 Å². The van der Waals surface area contributed by atoms with Crippen LogP contribution in [0.1, 0.15) is 16.1 Å². The first-order valence-corrected chi connectivity index (χ1v) is 6.79. The van der Waals surface area contributed by atoms with Crippen LogP contribution in [-0.2, 0) is 0 Å². The Kier molecular flexibility index (Phi) is 3.58. The smallest absolute Gasteiger partial charge is 0.291 e. The van der Waals surface area contributed by atoms with Crippen molar-refractivity contribution in [3.05, 3.63) is 64.4 Å². The van der Waals surface area contributed by atoms with E-state index in [0.717, 1.165) is 6.07 Å². The Labute approximate surface area is 129 Å². The molecule has 0 spiro atoms. The number of hydrogen-bond donors (Lipinski definition) is 1. The maximum atomic E-state index is 13.7. The van der Waals surface area contributed by atoms with Crippen LogP contribution in [0.5, 0.6) is 0 Å². The number of carbonyl (C=O) groups excluding carboxylic acids is 1. The van der Waals surface area contributed by atoms with Crippen LogP contribution >= 0.6 is 11.6 Å². The van der Waals surface area contributed by atoms with Gasteiger partial charge in [-0.15, -0.1) is 0 Å². The summed E-state index contributed by atoms with van der Waals surface area (Å²) >= 11 is 5.86. The molecule has 0 aliphatic rings. The van der Waals surface area contributed by atoms with Gasteiger partial charge in [0.1, 0.15) is 5.82 Å². The molecule has 1 amide bonds. The number of carbonyl (C=O) groups is 1. The number of halogens is 3. The molecule has 1 heterocycles. The summed E-state index contributed by atoms with van der Waals surface area (Å²) in [6, 6.07) is 8.06. The van der Waals surface area contributed by atoms with Gasteiger partial charge in [0.05, 0.1) is 10.7 Å². The lowest BCUT2D eigenvalue weighted by atomic mass is 10.1. The van der Waals surface area contributed by atoms with Gasteiger partial charge in [0, 0.05) is 10.9 Å². The molecule has 2 aromatic carbocycles. The SMILES string of the molecule is Cc1c(C(=O)Nc2ccc(F)cc2Cl)oc2c(F)cccc12. The third-order valence-corrected chi connectivity index (χ3v) is 3.61. The molecule has 3 aromatic rings. The monoisotopic (exact) mass is 321 g/mol. The number of amides is 1. The maximum absolute atomic E-state index is 13.7. The van der Waals surface area contributed by atoms with E-state index >= 15 is 0 Å². The number of fused-ring (bicyclic) bond motifs is 1. The fourth-order valence-electron chi connectivity index (χ4n) is 2.20. The fourth-order valence-corrected chi connectivity index (χ4v) is 2.41. The van der Waals surface area contributed by atoms with Gasteiger partial charge in [-0.1, -0.05) is 23.7 Å². The molecule has 0 saturated heterocycles. The minimum absolute atomic E-state index is 0.0134. The maximum Gasteiger partial charge on any atom is 0.291 e. The van der Waals surface area contributed by atoms with Crippen molar-refractivity contribution in [1.82, 2.24) is 0 Å². The second kappa shape index (κ2) is 5.42. The number of benzene rings is 2. The highest BCUT2D eigenvalue weighted by Gasteiger charge is 2.20. The molecule has 0 unspecified atom stereocenters. The lowest BCUT2D eigenvalue weighted by Crippen LogP contribution is -2.12. The Bertz CT molecular complexity index is 889. The predicted molar refractivity (Wildman–Crippen MR) is 80.3 cm³/mol. The van der Waals surface area contributed by atoms with Gasteiger partial charge < -0.3 is 9.73 Å². The summed E-state index contributed by atoms with van der Waals surface area (Å²) in [6.45, 7) is 1.66. The van der Waals surface area contributed by atoms with Crippen LogP contribution in [-0.4, -0.2) is 5.91 Å². The fraction of sp³-hybridized carbons (Fsp3) is 0.0625. The highest BCUT2D eigenvalue weighted by molar-refractivity contribution is 6.33. The molecule has 3 nitrogen and oxygen atoms in total. The topological polar surface area (TPSA) is 42.2 Å². The van der Waals surface area contributed by atoms with Gasteiger partial charge in [-0.2, -0.15) is 0 Å². The molecular formula is C16H10ClF2NO2. The van der Waals surface area contributed by atoms with Gasteiger partial charge in [0.25, 0.3) is 5.91 Å². The second-order valence-electron chi connectivity index (χ2n) is 4.75. The van der Waals surface area contributed by atoms with E-state index in [1.807, 2.05) is 0 Å². The Morgan fingerprint density at radius 3 is 2.68 bits per heavy atom. The lowest BCUT2D eigenvalue weighted by Gasteiger charge is -2.06. The zero-order valence-electron chi connectivity index (χ0n) is 11.4. The van der Waals surface area contributed by atoms with Crippen LogP contribution in [0.15, 0.2) is 40.8 Å². The first kappa shape index (κ1) is 14.5. The minimum atomic E-state index is -0.582. The predicted octanol–water partition coefficient (Wildman–Crippen LogP) is 4.93. The van der Waals surface area contributed by atoms with E-state index in [1.165, 1.54) is 18.2 Å². The van der Waals surface area contributed by atoms with Gasteiger partial charge >= 0.3 is 0 Å². The van der Waals surface area contributed by atoms with Crippen molar-refractivity contribution in [2.75, 3.05) is 5.32 Å². The van der Waals surface area contributed by atoms with Crippen molar-refractivity contribution in [2.24, 2.45) is 0 Å². The number of rotatable bonds is 2. The van der Waals surface area contributed by atoms with Crippen LogP contribution in [0.3, 0.4) is 0 Å². The quantitative estimate of drug-likeness (QED) is 0.727. The number of furan rings is 1. The number of para-hydroxylation sites is 1. The molecule has 0 bridgehead atoms. The molecular weight excluding hydrogens is 312 g/mol. The van der Waals surface area contributed by atoms with Crippen LogP contribution in [0.2, 0.25) is 5.02 Å². The molecule has 22 heavy (non-hydrogen) atoms. The van der Waals surface area contributed by atoms with Crippen LogP contribution < -0.4 is 5.32 Å². The molecule has 0 fully saturated rings. The third-order valence-electron chi connectivity index (χ3n) is 3.30. The van der Waals surface area contributed by atoms with Gasteiger partial charge in [0.15, 0.2) is 17.2 Å². The van der Waals surface area contributed by atoms with Gasteiger partial charge in [-0.3, -0.25) is 4.79 Å². The molecule has 112 valence electrons. The van der Waals surface area contributed by atoms with Gasteiger partial charge in [0.2, 0.25) is 0 Å². The van der Waals surface area contributed by atoms with E-state index in [-0.39, 0.29) is 22.1 Å². The Hall–Kier alpha value is -2.40. The molecule has 0 aliphatic heterocycles. The lowest BCUT2D eigenvalue weighted by molar-refractivity contribution is 0.0997. The average molecular weight is 322 g/mol. The van der Waals surface area contributed by atoms with Crippen molar-refractivity contribution in [3.63, 3.8) is 0 Å². The first-order chi connectivity index (χ1) is 10.5. The summed E-state index contributed by atoms with van der Waals surface area (Å²) in [6.07, 6.45) is 0. The largest absolute Gasteiger partial charge is 0.448 e. The molecule has 0 atom stereocenters. The molecule has 0 radical (unpaired) electrons. The normalized spacial score (nSPS) is 10.9. The molecule has 1 N–H and O–H groups in total. The van der Waals surface area contributed by atoms with Crippen molar-refractivity contribution < 1.29 is 18.0 Å². The van der Waals surface area contributed by atoms with Crippen LogP contribution in [0.25, 0.3) is 11.0 Å². The van der Waals surface area contributed by atoms with Crippen molar-refractivity contribution in [3.8, 4) is 0 Å².